The van der Waals surface area contributed by atoms with E-state index in [0.29, 0.717) is 43.8 Å². The number of ether oxygens (including phenoxy) is 1. The minimum Gasteiger partial charge on any atom is -0.466 e. The van der Waals surface area contributed by atoms with E-state index in [1.807, 2.05) is 0 Å². The Morgan fingerprint density at radius 3 is 2.41 bits per heavy atom. The number of hydrogen-bond donors (Lipinski definition) is 2. The number of rotatable bonds is 7. The van der Waals surface area contributed by atoms with Crippen LogP contribution >= 0.6 is 0 Å². The van der Waals surface area contributed by atoms with Gasteiger partial charge in [-0.05, 0) is 52.3 Å². The first kappa shape index (κ1) is 30.5. The summed E-state index contributed by atoms with van der Waals surface area (Å²) in [5.74, 6) is -3.84. The Morgan fingerprint density at radius 2 is 1.90 bits per heavy atom. The molecule has 0 aromatic heterocycles. The number of nitrogens with zero attached hydrogens (tertiary/aromatic N) is 2. The third-order valence-electron chi connectivity index (χ3n) is 6.87. The highest BCUT2D eigenvalue weighted by molar-refractivity contribution is 6.05. The third kappa shape index (κ3) is 6.10. The van der Waals surface area contributed by atoms with Crippen LogP contribution in [0.1, 0.15) is 62.9 Å². The maximum Gasteiger partial charge on any atom is 0.437 e. The van der Waals surface area contributed by atoms with Crippen molar-refractivity contribution < 1.29 is 45.5 Å². The number of halogens is 6. The number of alkyl halides is 6. The lowest BCUT2D eigenvalue weighted by atomic mass is 9.96. The van der Waals surface area contributed by atoms with Gasteiger partial charge in [0, 0.05) is 38.1 Å². The lowest BCUT2D eigenvalue weighted by molar-refractivity contribution is -0.236. The molecule has 1 fully saturated rings. The second-order valence-corrected chi connectivity index (χ2v) is 9.96. The Hall–Kier alpha value is -3.03. The highest BCUT2D eigenvalue weighted by Crippen LogP contribution is 2.48. The van der Waals surface area contributed by atoms with E-state index in [0.717, 1.165) is 6.07 Å². The van der Waals surface area contributed by atoms with Crippen molar-refractivity contribution in [1.82, 2.24) is 15.5 Å². The molecule has 0 unspecified atom stereocenters. The average Bonchev–Trinajstić information content (AvgIpc) is 2.84. The van der Waals surface area contributed by atoms with E-state index in [1.165, 1.54) is 4.90 Å². The summed E-state index contributed by atoms with van der Waals surface area (Å²) in [5, 5.41) is 5.54. The maximum atomic E-state index is 14.2. The van der Waals surface area contributed by atoms with Gasteiger partial charge in [-0.15, -0.1) is 0 Å². The zero-order valence-electron chi connectivity index (χ0n) is 22.1. The van der Waals surface area contributed by atoms with Crippen LogP contribution in [-0.4, -0.2) is 72.7 Å². The molecule has 2 heterocycles. The van der Waals surface area contributed by atoms with E-state index < -0.39 is 76.9 Å². The summed E-state index contributed by atoms with van der Waals surface area (Å²) in [5.41, 5.74) is -6.19. The number of nitrogens with one attached hydrogen (secondary N) is 2. The van der Waals surface area contributed by atoms with Gasteiger partial charge in [0.1, 0.15) is 5.75 Å². The van der Waals surface area contributed by atoms with Gasteiger partial charge in [-0.25, -0.2) is 0 Å². The molecule has 0 aliphatic carbocycles. The Balaban J connectivity index is 2.18. The van der Waals surface area contributed by atoms with Gasteiger partial charge in [0.05, 0.1) is 16.8 Å². The van der Waals surface area contributed by atoms with Gasteiger partial charge in [0.2, 0.25) is 5.91 Å². The molecule has 2 aliphatic heterocycles. The van der Waals surface area contributed by atoms with E-state index in [9.17, 15) is 40.7 Å². The molecule has 14 heteroatoms. The minimum atomic E-state index is -5.28. The first-order valence-electron chi connectivity index (χ1n) is 12.7. The molecule has 2 aliphatic rings. The molecule has 1 saturated heterocycles. The fourth-order valence-corrected chi connectivity index (χ4v) is 4.77. The molecule has 39 heavy (non-hydrogen) atoms. The highest BCUT2D eigenvalue weighted by Gasteiger charge is 2.63. The van der Waals surface area contributed by atoms with Gasteiger partial charge in [0.25, 0.3) is 17.4 Å². The summed E-state index contributed by atoms with van der Waals surface area (Å²) >= 11 is 0. The van der Waals surface area contributed by atoms with Gasteiger partial charge in [-0.1, -0.05) is 6.92 Å². The lowest BCUT2D eigenvalue weighted by Crippen LogP contribution is -2.63. The van der Waals surface area contributed by atoms with Crippen molar-refractivity contribution in [2.75, 3.05) is 31.1 Å². The third-order valence-corrected chi connectivity index (χ3v) is 6.87. The maximum absolute atomic E-state index is 14.2. The van der Waals surface area contributed by atoms with Crippen LogP contribution in [0.4, 0.5) is 32.0 Å². The molecule has 218 valence electrons. The summed E-state index contributed by atoms with van der Waals surface area (Å²) < 4.78 is 89.5. The Labute approximate surface area is 222 Å². The molecule has 0 radical (unpaired) electrons. The predicted octanol–water partition coefficient (Wildman–Crippen LogP) is 3.88. The van der Waals surface area contributed by atoms with Crippen molar-refractivity contribution in [2.45, 2.75) is 77.0 Å². The van der Waals surface area contributed by atoms with E-state index in [2.05, 4.69) is 10.6 Å². The normalized spacial score (nSPS) is 21.9. The zero-order valence-corrected chi connectivity index (χ0v) is 22.1. The van der Waals surface area contributed by atoms with Crippen molar-refractivity contribution in [1.29, 1.82) is 0 Å². The second-order valence-electron chi connectivity index (χ2n) is 9.96. The summed E-state index contributed by atoms with van der Waals surface area (Å²) in [6, 6.07) is 0.206. The van der Waals surface area contributed by atoms with Crippen molar-refractivity contribution in [2.24, 2.45) is 0 Å². The molecule has 0 saturated carbocycles. The van der Waals surface area contributed by atoms with Crippen molar-refractivity contribution in [3.05, 3.63) is 23.3 Å². The first-order chi connectivity index (χ1) is 18.0. The van der Waals surface area contributed by atoms with E-state index in [4.69, 9.17) is 4.74 Å². The largest absolute Gasteiger partial charge is 0.466 e. The van der Waals surface area contributed by atoms with Crippen LogP contribution in [0.3, 0.4) is 0 Å². The summed E-state index contributed by atoms with van der Waals surface area (Å²) in [4.78, 5) is 40.4. The van der Waals surface area contributed by atoms with Crippen LogP contribution in [0.5, 0.6) is 5.75 Å². The zero-order chi connectivity index (χ0) is 29.3. The number of amides is 3. The number of anilines is 1. The molecule has 1 aromatic rings. The van der Waals surface area contributed by atoms with Crippen LogP contribution in [0.15, 0.2) is 12.1 Å². The van der Waals surface area contributed by atoms with Gasteiger partial charge in [0.15, 0.2) is 0 Å². The molecule has 3 amide bonds. The molecule has 2 atom stereocenters. The van der Waals surface area contributed by atoms with Crippen molar-refractivity contribution >= 4 is 23.4 Å². The smallest absolute Gasteiger partial charge is 0.437 e. The molecule has 0 spiro atoms. The fraction of sp³-hybridized carbons (Fsp3) is 0.640. The number of hydrogen-bond acceptors (Lipinski definition) is 5. The number of benzene rings is 1. The van der Waals surface area contributed by atoms with Crippen molar-refractivity contribution in [3.63, 3.8) is 0 Å². The molecule has 1 aromatic carbocycles. The van der Waals surface area contributed by atoms with Crippen LogP contribution in [0, 0.1) is 0 Å². The number of carbonyl (C=O) groups is 3. The second kappa shape index (κ2) is 11.2. The number of fused-ring (bicyclic) bond motifs is 1. The van der Waals surface area contributed by atoms with Crippen LogP contribution in [0.2, 0.25) is 0 Å². The Morgan fingerprint density at radius 1 is 1.23 bits per heavy atom. The molecule has 3 rings (SSSR count). The van der Waals surface area contributed by atoms with Crippen LogP contribution in [-0.2, 0) is 15.8 Å². The predicted molar refractivity (Wildman–Crippen MR) is 129 cm³/mol. The van der Waals surface area contributed by atoms with E-state index >= 15 is 0 Å². The number of piperidine rings is 1. The van der Waals surface area contributed by atoms with Gasteiger partial charge < -0.3 is 25.2 Å². The molecule has 2 N–H and O–H groups in total. The Kier molecular flexibility index (Phi) is 8.78. The summed E-state index contributed by atoms with van der Waals surface area (Å²) in [6.07, 6.45) is -9.07. The van der Waals surface area contributed by atoms with Gasteiger partial charge in [-0.3, -0.25) is 14.4 Å². The quantitative estimate of drug-likeness (QED) is 0.489. The van der Waals surface area contributed by atoms with Crippen molar-refractivity contribution in [3.8, 4) is 5.75 Å². The number of carbonyl (C=O) groups excluding carboxylic acids is 3. The van der Waals surface area contributed by atoms with Gasteiger partial charge >= 0.3 is 12.4 Å². The summed E-state index contributed by atoms with van der Waals surface area (Å²) in [7, 11) is 0. The van der Waals surface area contributed by atoms with Gasteiger partial charge in [-0.2, -0.15) is 26.3 Å². The first-order valence-corrected chi connectivity index (χ1v) is 12.7. The minimum absolute atomic E-state index is 0.0720. The fourth-order valence-electron chi connectivity index (χ4n) is 4.77. The van der Waals surface area contributed by atoms with E-state index in [-0.39, 0.29) is 13.0 Å². The van der Waals surface area contributed by atoms with Crippen LogP contribution in [0.25, 0.3) is 0 Å². The topological polar surface area (TPSA) is 91.0 Å². The van der Waals surface area contributed by atoms with Crippen LogP contribution < -0.4 is 20.3 Å². The standard InChI is InChI=1S/C25H32F6N4O4/c1-5-20(36)33-9-10-34-18-11-16(21(37)35(14(2)3)15-7-6-8-32-13-15)17(24(26,27)28)12-19(18)39-23(4,22(34)38)25(29,30)31/h11-12,14-15,32H,5-10,13H2,1-4H3,(H,33,36)/t15-,23-/m1/s1. The molecular formula is C25H32F6N4O4. The SMILES string of the molecule is CCC(=O)NCCN1C(=O)[C@](C)(C(F)(F)F)Oc2cc(C(F)(F)F)c(C(=O)N(C(C)C)[C@@H]3CCCNC3)cc21. The molecular weight excluding hydrogens is 534 g/mol. The molecule has 0 bridgehead atoms. The highest BCUT2D eigenvalue weighted by atomic mass is 19.4. The van der Waals surface area contributed by atoms with E-state index in [1.54, 1.807) is 20.8 Å². The summed E-state index contributed by atoms with van der Waals surface area (Å²) in [6.45, 7) is 5.58. The average molecular weight is 567 g/mol. The monoisotopic (exact) mass is 566 g/mol. The molecule has 8 nitrogen and oxygen atoms in total. The Bertz CT molecular complexity index is 1100. The lowest BCUT2D eigenvalue weighted by Gasteiger charge is -2.42.